The lowest BCUT2D eigenvalue weighted by molar-refractivity contribution is 0.0757. The second kappa shape index (κ2) is 6.44. The summed E-state index contributed by atoms with van der Waals surface area (Å²) in [6, 6.07) is 8.99. The van der Waals surface area contributed by atoms with Crippen molar-refractivity contribution in [3.63, 3.8) is 0 Å². The monoisotopic (exact) mass is 319 g/mol. The number of benzene rings is 1. The predicted molar refractivity (Wildman–Crippen MR) is 84.4 cm³/mol. The van der Waals surface area contributed by atoms with Gasteiger partial charge in [-0.25, -0.2) is 0 Å². The van der Waals surface area contributed by atoms with Crippen molar-refractivity contribution in [2.75, 3.05) is 13.1 Å². The van der Waals surface area contributed by atoms with Gasteiger partial charge in [-0.3, -0.25) is 4.79 Å². The summed E-state index contributed by atoms with van der Waals surface area (Å²) in [7, 11) is 0. The van der Waals surface area contributed by atoms with Crippen molar-refractivity contribution in [1.82, 2.24) is 4.90 Å². The van der Waals surface area contributed by atoms with E-state index in [-0.39, 0.29) is 12.5 Å². The van der Waals surface area contributed by atoms with E-state index in [1.807, 2.05) is 24.0 Å². The number of furan rings is 1. The summed E-state index contributed by atoms with van der Waals surface area (Å²) in [5.41, 5.74) is 0.962. The Hall–Kier alpha value is -1.94. The molecular weight excluding hydrogens is 302 g/mol. The minimum atomic E-state index is -0.0360. The highest BCUT2D eigenvalue weighted by molar-refractivity contribution is 6.31. The van der Waals surface area contributed by atoms with Crippen LogP contribution in [0.5, 0.6) is 5.75 Å². The van der Waals surface area contributed by atoms with Crippen molar-refractivity contribution in [3.8, 4) is 5.75 Å². The SMILES string of the molecule is Cc1cc(OCc2ccc(C(=O)N3CCCC3)o2)ccc1Cl. The van der Waals surface area contributed by atoms with Gasteiger partial charge in [-0.1, -0.05) is 11.6 Å². The van der Waals surface area contributed by atoms with Crippen LogP contribution in [0.3, 0.4) is 0 Å². The van der Waals surface area contributed by atoms with Crippen molar-refractivity contribution >= 4 is 17.5 Å². The summed E-state index contributed by atoms with van der Waals surface area (Å²) in [6.07, 6.45) is 2.14. The van der Waals surface area contributed by atoms with Crippen LogP contribution in [0.25, 0.3) is 0 Å². The second-order valence-corrected chi connectivity index (χ2v) is 5.87. The number of carbonyl (C=O) groups is 1. The lowest BCUT2D eigenvalue weighted by Gasteiger charge is -2.12. The maximum Gasteiger partial charge on any atom is 0.289 e. The number of likely N-dealkylation sites (tertiary alicyclic amines) is 1. The summed E-state index contributed by atoms with van der Waals surface area (Å²) in [6.45, 7) is 3.84. The topological polar surface area (TPSA) is 42.7 Å². The molecule has 0 N–H and O–H groups in total. The van der Waals surface area contributed by atoms with Crippen LogP contribution in [0.15, 0.2) is 34.7 Å². The number of aryl methyl sites for hydroxylation is 1. The molecule has 1 amide bonds. The van der Waals surface area contributed by atoms with E-state index in [1.165, 1.54) is 0 Å². The van der Waals surface area contributed by atoms with Gasteiger partial charge >= 0.3 is 0 Å². The molecule has 1 fully saturated rings. The van der Waals surface area contributed by atoms with Crippen molar-refractivity contribution in [2.45, 2.75) is 26.4 Å². The molecule has 22 heavy (non-hydrogen) atoms. The van der Waals surface area contributed by atoms with E-state index in [0.717, 1.165) is 37.2 Å². The normalized spacial score (nSPS) is 14.4. The molecule has 2 heterocycles. The number of amides is 1. The van der Waals surface area contributed by atoms with Crippen LogP contribution in [0, 0.1) is 6.92 Å². The molecule has 2 aromatic rings. The molecule has 0 bridgehead atoms. The van der Waals surface area contributed by atoms with Gasteiger partial charge in [-0.2, -0.15) is 0 Å². The molecule has 5 heteroatoms. The number of ether oxygens (including phenoxy) is 1. The van der Waals surface area contributed by atoms with Gasteiger partial charge in [0.1, 0.15) is 18.1 Å². The van der Waals surface area contributed by atoms with Crippen LogP contribution in [0.1, 0.15) is 34.7 Å². The maximum atomic E-state index is 12.2. The average Bonchev–Trinajstić information content (AvgIpc) is 3.19. The first-order valence-corrected chi connectivity index (χ1v) is 7.78. The first-order chi connectivity index (χ1) is 10.6. The summed E-state index contributed by atoms with van der Waals surface area (Å²) >= 11 is 5.98. The minimum absolute atomic E-state index is 0.0360. The molecule has 0 radical (unpaired) electrons. The number of hydrogen-bond acceptors (Lipinski definition) is 3. The fourth-order valence-electron chi connectivity index (χ4n) is 2.51. The molecule has 0 atom stereocenters. The lowest BCUT2D eigenvalue weighted by atomic mass is 10.2. The highest BCUT2D eigenvalue weighted by Crippen LogP contribution is 2.22. The number of rotatable bonds is 4. The van der Waals surface area contributed by atoms with Gasteiger partial charge in [-0.05, 0) is 55.7 Å². The molecule has 116 valence electrons. The zero-order valence-electron chi connectivity index (χ0n) is 12.5. The Balaban J connectivity index is 1.61. The van der Waals surface area contributed by atoms with Gasteiger partial charge < -0.3 is 14.1 Å². The van der Waals surface area contributed by atoms with Gasteiger partial charge in [0, 0.05) is 18.1 Å². The van der Waals surface area contributed by atoms with Crippen LogP contribution in [-0.4, -0.2) is 23.9 Å². The van der Waals surface area contributed by atoms with Crippen LogP contribution < -0.4 is 4.74 Å². The molecule has 0 spiro atoms. The van der Waals surface area contributed by atoms with Gasteiger partial charge in [-0.15, -0.1) is 0 Å². The molecule has 1 aliphatic heterocycles. The zero-order valence-corrected chi connectivity index (χ0v) is 13.2. The third-order valence-electron chi connectivity index (χ3n) is 3.78. The Kier molecular flexibility index (Phi) is 4.39. The molecule has 0 saturated carbocycles. The average molecular weight is 320 g/mol. The highest BCUT2D eigenvalue weighted by atomic mass is 35.5. The van der Waals surface area contributed by atoms with E-state index in [9.17, 15) is 4.79 Å². The predicted octanol–water partition coefficient (Wildman–Crippen LogP) is 4.06. The van der Waals surface area contributed by atoms with E-state index in [1.54, 1.807) is 18.2 Å². The number of nitrogens with zero attached hydrogens (tertiary/aromatic N) is 1. The third kappa shape index (κ3) is 3.28. The number of carbonyl (C=O) groups excluding carboxylic acids is 1. The molecule has 3 rings (SSSR count). The molecular formula is C17H18ClNO3. The highest BCUT2D eigenvalue weighted by Gasteiger charge is 2.22. The first-order valence-electron chi connectivity index (χ1n) is 7.40. The quantitative estimate of drug-likeness (QED) is 0.853. The lowest BCUT2D eigenvalue weighted by Crippen LogP contribution is -2.27. The third-order valence-corrected chi connectivity index (χ3v) is 4.20. The summed E-state index contributed by atoms with van der Waals surface area (Å²) < 4.78 is 11.3. The largest absolute Gasteiger partial charge is 0.486 e. The van der Waals surface area contributed by atoms with Crippen LogP contribution in [-0.2, 0) is 6.61 Å². The molecule has 1 saturated heterocycles. The number of hydrogen-bond donors (Lipinski definition) is 0. The summed E-state index contributed by atoms with van der Waals surface area (Å²) in [5.74, 6) is 1.71. The Morgan fingerprint density at radius 1 is 1.27 bits per heavy atom. The summed E-state index contributed by atoms with van der Waals surface area (Å²) in [4.78, 5) is 14.0. The van der Waals surface area contributed by atoms with E-state index < -0.39 is 0 Å². The second-order valence-electron chi connectivity index (χ2n) is 5.46. The zero-order chi connectivity index (χ0) is 15.5. The molecule has 1 aromatic carbocycles. The molecule has 1 aromatic heterocycles. The fourth-order valence-corrected chi connectivity index (χ4v) is 2.63. The van der Waals surface area contributed by atoms with E-state index in [0.29, 0.717) is 16.5 Å². The molecule has 1 aliphatic rings. The van der Waals surface area contributed by atoms with Crippen LogP contribution >= 0.6 is 11.6 Å². The Labute approximate surface area is 134 Å². The van der Waals surface area contributed by atoms with E-state index >= 15 is 0 Å². The van der Waals surface area contributed by atoms with Gasteiger partial charge in [0.25, 0.3) is 5.91 Å². The van der Waals surface area contributed by atoms with Crippen molar-refractivity contribution in [2.24, 2.45) is 0 Å². The standard InChI is InChI=1S/C17H18ClNO3/c1-12-10-13(4-6-15(12)18)21-11-14-5-7-16(22-14)17(20)19-8-2-3-9-19/h4-7,10H,2-3,8-9,11H2,1H3. The van der Waals surface area contributed by atoms with Gasteiger partial charge in [0.15, 0.2) is 5.76 Å². The van der Waals surface area contributed by atoms with Crippen LogP contribution in [0.4, 0.5) is 0 Å². The van der Waals surface area contributed by atoms with Crippen molar-refractivity contribution in [3.05, 3.63) is 52.4 Å². The van der Waals surface area contributed by atoms with Crippen molar-refractivity contribution < 1.29 is 13.9 Å². The first kappa shape index (κ1) is 15.0. The fraction of sp³-hybridized carbons (Fsp3) is 0.353. The van der Waals surface area contributed by atoms with E-state index in [2.05, 4.69) is 0 Å². The van der Waals surface area contributed by atoms with Gasteiger partial charge in [0.05, 0.1) is 0 Å². The van der Waals surface area contributed by atoms with Crippen molar-refractivity contribution in [1.29, 1.82) is 0 Å². The Morgan fingerprint density at radius 3 is 2.77 bits per heavy atom. The minimum Gasteiger partial charge on any atom is -0.486 e. The van der Waals surface area contributed by atoms with Crippen LogP contribution in [0.2, 0.25) is 5.02 Å². The Bertz CT molecular complexity index is 674. The summed E-state index contributed by atoms with van der Waals surface area (Å²) in [5, 5.41) is 0.712. The smallest absolute Gasteiger partial charge is 0.289 e. The molecule has 0 unspecified atom stereocenters. The van der Waals surface area contributed by atoms with E-state index in [4.69, 9.17) is 20.8 Å². The maximum absolute atomic E-state index is 12.2. The molecule has 4 nitrogen and oxygen atoms in total. The van der Waals surface area contributed by atoms with Gasteiger partial charge in [0.2, 0.25) is 0 Å². The molecule has 0 aliphatic carbocycles. The number of halogens is 1. The Morgan fingerprint density at radius 2 is 2.05 bits per heavy atom.